The molecular formula is C15H25BrN2. The van der Waals surface area contributed by atoms with Gasteiger partial charge in [0.25, 0.3) is 0 Å². The largest absolute Gasteiger partial charge is 0.320 e. The van der Waals surface area contributed by atoms with Crippen molar-refractivity contribution in [2.24, 2.45) is 0 Å². The number of nitrogens with one attached hydrogen (secondary N) is 1. The van der Waals surface area contributed by atoms with Crippen molar-refractivity contribution in [1.29, 1.82) is 0 Å². The van der Waals surface area contributed by atoms with Crippen molar-refractivity contribution in [2.45, 2.75) is 26.2 Å². The molecule has 0 aliphatic heterocycles. The molecule has 2 nitrogen and oxygen atoms in total. The zero-order chi connectivity index (χ0) is 13.4. The number of rotatable bonds is 8. The molecule has 1 aromatic carbocycles. The van der Waals surface area contributed by atoms with Gasteiger partial charge in [-0.2, -0.15) is 0 Å². The van der Waals surface area contributed by atoms with Crippen LogP contribution >= 0.6 is 15.9 Å². The fraction of sp³-hybridized carbons (Fsp3) is 0.600. The van der Waals surface area contributed by atoms with Crippen molar-refractivity contribution in [2.75, 3.05) is 33.7 Å². The second-order valence-corrected chi connectivity index (χ2v) is 5.85. The highest BCUT2D eigenvalue weighted by Crippen LogP contribution is 2.16. The summed E-state index contributed by atoms with van der Waals surface area (Å²) < 4.78 is 1.18. The SMILES string of the molecule is CNCCCCN(C)CCc1cc(Br)ccc1C. The van der Waals surface area contributed by atoms with E-state index in [1.807, 2.05) is 7.05 Å². The van der Waals surface area contributed by atoms with Gasteiger partial charge in [0.2, 0.25) is 0 Å². The highest BCUT2D eigenvalue weighted by molar-refractivity contribution is 9.10. The zero-order valence-electron chi connectivity index (χ0n) is 11.8. The van der Waals surface area contributed by atoms with E-state index in [0.29, 0.717) is 0 Å². The maximum Gasteiger partial charge on any atom is 0.0178 e. The Morgan fingerprint density at radius 3 is 2.72 bits per heavy atom. The van der Waals surface area contributed by atoms with Gasteiger partial charge in [0.15, 0.2) is 0 Å². The summed E-state index contributed by atoms with van der Waals surface area (Å²) in [5.41, 5.74) is 2.84. The van der Waals surface area contributed by atoms with E-state index in [-0.39, 0.29) is 0 Å². The second-order valence-electron chi connectivity index (χ2n) is 4.93. The summed E-state index contributed by atoms with van der Waals surface area (Å²) in [5, 5.41) is 3.19. The Morgan fingerprint density at radius 2 is 2.00 bits per heavy atom. The standard InChI is InChI=1S/C15H25BrN2/c1-13-6-7-15(16)12-14(13)8-11-18(3)10-5-4-9-17-2/h6-7,12,17H,4-5,8-11H2,1-3H3. The van der Waals surface area contributed by atoms with Crippen LogP contribution in [0, 0.1) is 6.92 Å². The van der Waals surface area contributed by atoms with Crippen molar-refractivity contribution >= 4 is 15.9 Å². The van der Waals surface area contributed by atoms with Crippen LogP contribution in [0.1, 0.15) is 24.0 Å². The molecule has 0 unspecified atom stereocenters. The number of aryl methyl sites for hydroxylation is 1. The summed E-state index contributed by atoms with van der Waals surface area (Å²) in [6.07, 6.45) is 3.67. The number of hydrogen-bond acceptors (Lipinski definition) is 2. The molecule has 0 saturated heterocycles. The van der Waals surface area contributed by atoms with Crippen molar-refractivity contribution < 1.29 is 0 Å². The van der Waals surface area contributed by atoms with Gasteiger partial charge in [-0.15, -0.1) is 0 Å². The molecule has 0 atom stereocenters. The number of nitrogens with zero attached hydrogens (tertiary/aromatic N) is 1. The van der Waals surface area contributed by atoms with Gasteiger partial charge in [-0.3, -0.25) is 0 Å². The van der Waals surface area contributed by atoms with Gasteiger partial charge in [-0.1, -0.05) is 22.0 Å². The molecule has 0 radical (unpaired) electrons. The third-order valence-electron chi connectivity index (χ3n) is 3.29. The summed E-state index contributed by atoms with van der Waals surface area (Å²) in [5.74, 6) is 0. The molecule has 18 heavy (non-hydrogen) atoms. The number of benzene rings is 1. The van der Waals surface area contributed by atoms with E-state index in [4.69, 9.17) is 0 Å². The van der Waals surface area contributed by atoms with Gasteiger partial charge < -0.3 is 10.2 Å². The number of hydrogen-bond donors (Lipinski definition) is 1. The average Bonchev–Trinajstić information content (AvgIpc) is 2.36. The van der Waals surface area contributed by atoms with Gasteiger partial charge in [-0.05, 0) is 76.6 Å². The summed E-state index contributed by atoms with van der Waals surface area (Å²) in [6.45, 7) is 5.64. The van der Waals surface area contributed by atoms with Crippen molar-refractivity contribution in [1.82, 2.24) is 10.2 Å². The predicted octanol–water partition coefficient (Wildman–Crippen LogP) is 3.23. The normalized spacial score (nSPS) is 11.2. The summed E-state index contributed by atoms with van der Waals surface area (Å²) in [4.78, 5) is 2.43. The summed E-state index contributed by atoms with van der Waals surface area (Å²) >= 11 is 3.54. The molecule has 0 bridgehead atoms. The fourth-order valence-electron chi connectivity index (χ4n) is 2.02. The van der Waals surface area contributed by atoms with Crippen LogP contribution in [0.2, 0.25) is 0 Å². The van der Waals surface area contributed by atoms with Crippen LogP contribution in [-0.4, -0.2) is 38.6 Å². The maximum absolute atomic E-state index is 3.54. The molecule has 3 heteroatoms. The molecule has 0 fully saturated rings. The van der Waals surface area contributed by atoms with Gasteiger partial charge in [0.05, 0.1) is 0 Å². The molecule has 0 heterocycles. The molecular weight excluding hydrogens is 288 g/mol. The first-order valence-corrected chi connectivity index (χ1v) is 7.51. The Balaban J connectivity index is 2.29. The van der Waals surface area contributed by atoms with E-state index in [1.165, 1.54) is 35.0 Å². The van der Waals surface area contributed by atoms with E-state index >= 15 is 0 Å². The van der Waals surface area contributed by atoms with Crippen LogP contribution in [0.15, 0.2) is 22.7 Å². The highest BCUT2D eigenvalue weighted by atomic mass is 79.9. The Bertz CT molecular complexity index is 352. The highest BCUT2D eigenvalue weighted by Gasteiger charge is 2.02. The first kappa shape index (κ1) is 15.7. The zero-order valence-corrected chi connectivity index (χ0v) is 13.4. The first-order valence-electron chi connectivity index (χ1n) is 6.71. The first-order chi connectivity index (χ1) is 8.63. The second kappa shape index (κ2) is 8.68. The van der Waals surface area contributed by atoms with E-state index in [0.717, 1.165) is 19.5 Å². The topological polar surface area (TPSA) is 15.3 Å². The molecule has 0 saturated carbocycles. The van der Waals surface area contributed by atoms with E-state index in [1.54, 1.807) is 0 Å². The Labute approximate surface area is 120 Å². The van der Waals surface area contributed by atoms with Gasteiger partial charge >= 0.3 is 0 Å². The smallest absolute Gasteiger partial charge is 0.0178 e. The molecule has 1 aromatic rings. The fourth-order valence-corrected chi connectivity index (χ4v) is 2.42. The molecule has 102 valence electrons. The van der Waals surface area contributed by atoms with E-state index in [9.17, 15) is 0 Å². The Kier molecular flexibility index (Phi) is 7.56. The number of unbranched alkanes of at least 4 members (excludes halogenated alkanes) is 1. The Morgan fingerprint density at radius 1 is 1.22 bits per heavy atom. The minimum absolute atomic E-state index is 1.12. The lowest BCUT2D eigenvalue weighted by Gasteiger charge is -2.17. The van der Waals surface area contributed by atoms with Crippen molar-refractivity contribution in [3.63, 3.8) is 0 Å². The van der Waals surface area contributed by atoms with E-state index in [2.05, 4.69) is 58.3 Å². The van der Waals surface area contributed by atoms with Gasteiger partial charge in [0.1, 0.15) is 0 Å². The maximum atomic E-state index is 3.54. The lowest BCUT2D eigenvalue weighted by molar-refractivity contribution is 0.329. The lowest BCUT2D eigenvalue weighted by Crippen LogP contribution is -2.23. The minimum Gasteiger partial charge on any atom is -0.320 e. The lowest BCUT2D eigenvalue weighted by atomic mass is 10.1. The third-order valence-corrected chi connectivity index (χ3v) is 3.78. The number of halogens is 1. The molecule has 0 spiro atoms. The van der Waals surface area contributed by atoms with Crippen molar-refractivity contribution in [3.05, 3.63) is 33.8 Å². The third kappa shape index (κ3) is 5.98. The minimum atomic E-state index is 1.12. The average molecular weight is 313 g/mol. The van der Waals surface area contributed by atoms with Crippen LogP contribution in [0.25, 0.3) is 0 Å². The van der Waals surface area contributed by atoms with Crippen LogP contribution in [0.3, 0.4) is 0 Å². The quantitative estimate of drug-likeness (QED) is 0.741. The molecule has 0 amide bonds. The van der Waals surface area contributed by atoms with Crippen LogP contribution in [-0.2, 0) is 6.42 Å². The molecule has 0 aliphatic carbocycles. The predicted molar refractivity (Wildman–Crippen MR) is 83.2 cm³/mol. The van der Waals surface area contributed by atoms with Crippen LogP contribution in [0.5, 0.6) is 0 Å². The monoisotopic (exact) mass is 312 g/mol. The number of likely N-dealkylation sites (N-methyl/N-ethyl adjacent to an activating group) is 1. The molecule has 1 N–H and O–H groups in total. The van der Waals surface area contributed by atoms with Crippen molar-refractivity contribution in [3.8, 4) is 0 Å². The molecule has 0 aromatic heterocycles. The van der Waals surface area contributed by atoms with Gasteiger partial charge in [-0.25, -0.2) is 0 Å². The van der Waals surface area contributed by atoms with E-state index < -0.39 is 0 Å². The van der Waals surface area contributed by atoms with Gasteiger partial charge in [0, 0.05) is 11.0 Å². The Hall–Kier alpha value is -0.380. The summed E-state index contributed by atoms with van der Waals surface area (Å²) in [6, 6.07) is 6.54. The molecule has 1 rings (SSSR count). The summed E-state index contributed by atoms with van der Waals surface area (Å²) in [7, 11) is 4.23. The van der Waals surface area contributed by atoms with Crippen LogP contribution < -0.4 is 5.32 Å². The molecule has 0 aliphatic rings. The van der Waals surface area contributed by atoms with Crippen LogP contribution in [0.4, 0.5) is 0 Å².